The summed E-state index contributed by atoms with van der Waals surface area (Å²) in [6.07, 6.45) is -6.31. The SMILES string of the molecule is C[C@H]1CN(c2ccn(-c3ccnc(C(F)(F)F)c3)n2)C(=O)[C@@H](C(O)C(=O)Nc2ccc3c(N)noc3c2)O1. The van der Waals surface area contributed by atoms with Crippen molar-refractivity contribution in [2.45, 2.75) is 31.4 Å². The molecule has 1 aliphatic rings. The summed E-state index contributed by atoms with van der Waals surface area (Å²) in [5, 5.41) is 21.6. The highest BCUT2D eigenvalue weighted by molar-refractivity contribution is 6.04. The normalized spacial score (nSPS) is 19.1. The Labute approximate surface area is 211 Å². The molecule has 4 heterocycles. The zero-order chi connectivity index (χ0) is 27.2. The van der Waals surface area contributed by atoms with Gasteiger partial charge in [-0.2, -0.15) is 13.2 Å². The van der Waals surface area contributed by atoms with Gasteiger partial charge in [-0.25, -0.2) is 4.68 Å². The number of aromatic nitrogens is 4. The van der Waals surface area contributed by atoms with Crippen LogP contribution in [0.1, 0.15) is 12.6 Å². The topological polar surface area (TPSA) is 162 Å². The third-order valence-electron chi connectivity index (χ3n) is 5.80. The molecule has 1 aromatic carbocycles. The highest BCUT2D eigenvalue weighted by atomic mass is 19.4. The lowest BCUT2D eigenvalue weighted by molar-refractivity contribution is -0.156. The van der Waals surface area contributed by atoms with Crippen molar-refractivity contribution in [1.82, 2.24) is 19.9 Å². The van der Waals surface area contributed by atoms with Crippen molar-refractivity contribution in [3.63, 3.8) is 0 Å². The number of benzene rings is 1. The Hall–Kier alpha value is -4.50. The lowest BCUT2D eigenvalue weighted by atomic mass is 10.1. The number of nitrogens with one attached hydrogen (secondary N) is 1. The van der Waals surface area contributed by atoms with Gasteiger partial charge in [0.2, 0.25) is 0 Å². The number of aliphatic hydroxyl groups is 1. The lowest BCUT2D eigenvalue weighted by Crippen LogP contribution is -2.58. The molecule has 1 unspecified atom stereocenters. The van der Waals surface area contributed by atoms with Gasteiger partial charge in [-0.3, -0.25) is 19.5 Å². The predicted octanol–water partition coefficient (Wildman–Crippen LogP) is 2.13. The number of hydrogen-bond donors (Lipinski definition) is 3. The number of aliphatic hydroxyl groups excluding tert-OH is 1. The molecule has 0 radical (unpaired) electrons. The maximum Gasteiger partial charge on any atom is 0.433 e. The average Bonchev–Trinajstić information content (AvgIpc) is 3.51. The van der Waals surface area contributed by atoms with Gasteiger partial charge in [0.15, 0.2) is 29.4 Å². The van der Waals surface area contributed by atoms with Crippen LogP contribution in [-0.4, -0.2) is 61.7 Å². The van der Waals surface area contributed by atoms with Gasteiger partial charge in [0.1, 0.15) is 5.69 Å². The summed E-state index contributed by atoms with van der Waals surface area (Å²) in [6.45, 7) is 1.67. The summed E-state index contributed by atoms with van der Waals surface area (Å²) >= 11 is 0. The van der Waals surface area contributed by atoms with Gasteiger partial charge >= 0.3 is 6.18 Å². The van der Waals surface area contributed by atoms with E-state index in [4.69, 9.17) is 15.0 Å². The Bertz CT molecular complexity index is 1520. The quantitative estimate of drug-likeness (QED) is 0.350. The number of nitrogens with two attached hydrogens (primary N) is 1. The van der Waals surface area contributed by atoms with E-state index in [0.29, 0.717) is 11.0 Å². The largest absolute Gasteiger partial charge is 0.433 e. The molecule has 0 saturated carbocycles. The number of pyridine rings is 1. The number of ether oxygens (including phenoxy) is 1. The number of anilines is 3. The maximum atomic E-state index is 13.2. The maximum absolute atomic E-state index is 13.2. The van der Waals surface area contributed by atoms with Gasteiger partial charge in [-0.1, -0.05) is 5.16 Å². The van der Waals surface area contributed by atoms with E-state index in [9.17, 15) is 27.9 Å². The molecule has 4 aromatic rings. The van der Waals surface area contributed by atoms with E-state index >= 15 is 0 Å². The van der Waals surface area contributed by atoms with Crippen molar-refractivity contribution in [2.24, 2.45) is 0 Å². The number of rotatable bonds is 5. The number of nitrogen functional groups attached to an aromatic ring is 1. The van der Waals surface area contributed by atoms with Gasteiger partial charge in [0.05, 0.1) is 23.7 Å². The van der Waals surface area contributed by atoms with Crippen molar-refractivity contribution in [2.75, 3.05) is 22.5 Å². The molecule has 15 heteroatoms. The molecule has 1 fully saturated rings. The first-order valence-electron chi connectivity index (χ1n) is 11.2. The van der Waals surface area contributed by atoms with Crippen molar-refractivity contribution in [3.8, 4) is 5.69 Å². The first-order valence-corrected chi connectivity index (χ1v) is 11.2. The summed E-state index contributed by atoms with van der Waals surface area (Å²) in [5.74, 6) is -1.38. The monoisotopic (exact) mass is 531 g/mol. The zero-order valence-electron chi connectivity index (χ0n) is 19.6. The van der Waals surface area contributed by atoms with Gasteiger partial charge in [-0.05, 0) is 31.2 Å². The molecule has 12 nitrogen and oxygen atoms in total. The minimum absolute atomic E-state index is 0.0361. The zero-order valence-corrected chi connectivity index (χ0v) is 19.6. The number of fused-ring (bicyclic) bond motifs is 1. The molecule has 0 aliphatic carbocycles. The van der Waals surface area contributed by atoms with Crippen molar-refractivity contribution in [3.05, 3.63) is 54.5 Å². The number of nitrogens with zero attached hydrogens (tertiary/aromatic N) is 5. The van der Waals surface area contributed by atoms with Crippen LogP contribution in [0.5, 0.6) is 0 Å². The summed E-state index contributed by atoms with van der Waals surface area (Å²) in [5.41, 5.74) is 5.23. The van der Waals surface area contributed by atoms with Crippen LogP contribution in [0.25, 0.3) is 16.7 Å². The van der Waals surface area contributed by atoms with E-state index in [-0.39, 0.29) is 29.6 Å². The minimum Gasteiger partial charge on any atom is -0.380 e. The second-order valence-electron chi connectivity index (χ2n) is 8.54. The average molecular weight is 531 g/mol. The van der Waals surface area contributed by atoms with Crippen LogP contribution in [0.4, 0.5) is 30.5 Å². The minimum atomic E-state index is -4.64. The van der Waals surface area contributed by atoms with Crippen molar-refractivity contribution in [1.29, 1.82) is 0 Å². The first kappa shape index (κ1) is 25.2. The van der Waals surface area contributed by atoms with Crippen LogP contribution in [0.2, 0.25) is 0 Å². The fourth-order valence-corrected chi connectivity index (χ4v) is 3.98. The van der Waals surface area contributed by atoms with E-state index in [1.54, 1.807) is 13.0 Å². The van der Waals surface area contributed by atoms with Crippen molar-refractivity contribution >= 4 is 40.1 Å². The second-order valence-corrected chi connectivity index (χ2v) is 8.54. The Morgan fingerprint density at radius 1 is 1.26 bits per heavy atom. The van der Waals surface area contributed by atoms with Gasteiger partial charge in [0, 0.05) is 30.2 Å². The van der Waals surface area contributed by atoms with E-state index in [1.807, 2.05) is 0 Å². The number of amides is 2. The molecule has 0 bridgehead atoms. The molecular formula is C23H20F3N7O5. The number of halogens is 3. The highest BCUT2D eigenvalue weighted by Crippen LogP contribution is 2.29. The molecule has 1 saturated heterocycles. The summed E-state index contributed by atoms with van der Waals surface area (Å²) in [7, 11) is 0. The van der Waals surface area contributed by atoms with E-state index in [2.05, 4.69) is 20.6 Å². The van der Waals surface area contributed by atoms with Gasteiger partial charge < -0.3 is 25.4 Å². The fraction of sp³-hybridized carbons (Fsp3) is 0.261. The summed E-state index contributed by atoms with van der Waals surface area (Å²) < 4.78 is 50.9. The molecule has 3 aromatic heterocycles. The fourth-order valence-electron chi connectivity index (χ4n) is 3.98. The van der Waals surface area contributed by atoms with Crippen LogP contribution < -0.4 is 16.0 Å². The first-order chi connectivity index (χ1) is 18.0. The van der Waals surface area contributed by atoms with Crippen LogP contribution in [0.15, 0.2) is 53.3 Å². The Morgan fingerprint density at radius 3 is 2.82 bits per heavy atom. The molecule has 0 spiro atoms. The molecule has 4 N–H and O–H groups in total. The molecule has 2 amide bonds. The number of morpholine rings is 1. The van der Waals surface area contributed by atoms with Crippen LogP contribution >= 0.6 is 0 Å². The predicted molar refractivity (Wildman–Crippen MR) is 126 cm³/mol. The number of carbonyl (C=O) groups excluding carboxylic acids is 2. The lowest BCUT2D eigenvalue weighted by Gasteiger charge is -2.36. The molecular weight excluding hydrogens is 511 g/mol. The van der Waals surface area contributed by atoms with Crippen LogP contribution in [0.3, 0.4) is 0 Å². The molecule has 198 valence electrons. The smallest absolute Gasteiger partial charge is 0.380 e. The Kier molecular flexibility index (Phi) is 6.24. The Morgan fingerprint density at radius 2 is 2.05 bits per heavy atom. The van der Waals surface area contributed by atoms with E-state index in [1.165, 1.54) is 35.4 Å². The molecule has 5 rings (SSSR count). The van der Waals surface area contributed by atoms with Crippen LogP contribution in [0, 0.1) is 0 Å². The molecule has 3 atom stereocenters. The van der Waals surface area contributed by atoms with Gasteiger partial charge in [0.25, 0.3) is 11.8 Å². The van der Waals surface area contributed by atoms with Gasteiger partial charge in [-0.15, -0.1) is 5.10 Å². The van der Waals surface area contributed by atoms with Crippen molar-refractivity contribution < 1.29 is 37.1 Å². The second kappa shape index (κ2) is 9.42. The number of hydrogen-bond acceptors (Lipinski definition) is 9. The molecule has 1 aliphatic heterocycles. The third kappa shape index (κ3) is 4.76. The Balaban J connectivity index is 1.33. The number of alkyl halides is 3. The molecule has 38 heavy (non-hydrogen) atoms. The summed E-state index contributed by atoms with van der Waals surface area (Å²) in [4.78, 5) is 30.5. The third-order valence-corrected chi connectivity index (χ3v) is 5.80. The highest BCUT2D eigenvalue weighted by Gasteiger charge is 2.42. The van der Waals surface area contributed by atoms with E-state index in [0.717, 1.165) is 16.9 Å². The standard InChI is InChI=1S/C23H20F3N7O5/c1-11-10-32(17-5-7-33(30-17)13-4-6-28-16(9-13)23(24,25)26)22(36)19(37-11)18(34)21(35)29-12-2-3-14-15(8-12)38-31-20(14)27/h2-9,11,18-19,34H,10H2,1H3,(H2,27,31)(H,29,35)/t11-,18?,19+/m0/s1. The van der Waals surface area contributed by atoms with E-state index < -0.39 is 42.0 Å². The number of carbonyl (C=O) groups is 2. The van der Waals surface area contributed by atoms with Crippen LogP contribution in [-0.2, 0) is 20.5 Å². The summed E-state index contributed by atoms with van der Waals surface area (Å²) in [6, 6.07) is 8.13.